The van der Waals surface area contributed by atoms with Crippen LogP contribution in [0.25, 0.3) is 0 Å². The third-order valence-corrected chi connectivity index (χ3v) is 3.47. The van der Waals surface area contributed by atoms with Crippen LogP contribution < -0.4 is 21.9 Å². The molecule has 1 aromatic heterocycles. The third-order valence-electron chi connectivity index (χ3n) is 3.47. The fourth-order valence-electron chi connectivity index (χ4n) is 2.32. The Kier molecular flexibility index (Phi) is 4.75. The maximum atomic E-state index is 11.5. The highest BCUT2D eigenvalue weighted by molar-refractivity contribution is 5.61. The zero-order valence-electron chi connectivity index (χ0n) is 11.1. The average Bonchev–Trinajstić information content (AvgIpc) is 2.43. The van der Waals surface area contributed by atoms with Gasteiger partial charge in [0.05, 0.1) is 6.33 Å². The van der Waals surface area contributed by atoms with Gasteiger partial charge in [-0.1, -0.05) is 0 Å². The summed E-state index contributed by atoms with van der Waals surface area (Å²) in [7, 11) is 0. The van der Waals surface area contributed by atoms with Gasteiger partial charge in [0.15, 0.2) is 5.82 Å². The molecule has 0 aliphatic carbocycles. The van der Waals surface area contributed by atoms with E-state index in [-0.39, 0.29) is 11.2 Å². The van der Waals surface area contributed by atoms with Gasteiger partial charge in [-0.3, -0.25) is 9.69 Å². The molecule has 0 bridgehead atoms. The first-order valence-electron chi connectivity index (χ1n) is 6.73. The molecule has 1 saturated heterocycles. The molecule has 1 fully saturated rings. The minimum absolute atomic E-state index is 0.207. The van der Waals surface area contributed by atoms with E-state index in [0.717, 1.165) is 52.1 Å². The Labute approximate surface area is 112 Å². The SMILES string of the molecule is NCCCCN1CCN(c2nc[nH]c(=O)c2N)CC1. The highest BCUT2D eigenvalue weighted by atomic mass is 16.1. The van der Waals surface area contributed by atoms with E-state index in [1.807, 2.05) is 0 Å². The van der Waals surface area contributed by atoms with Gasteiger partial charge in [-0.2, -0.15) is 0 Å². The van der Waals surface area contributed by atoms with E-state index in [0.29, 0.717) is 5.82 Å². The van der Waals surface area contributed by atoms with Crippen molar-refractivity contribution in [2.45, 2.75) is 12.8 Å². The molecule has 1 aliphatic heterocycles. The van der Waals surface area contributed by atoms with Crippen molar-refractivity contribution in [2.75, 3.05) is 49.9 Å². The Balaban J connectivity index is 1.89. The molecule has 0 saturated carbocycles. The van der Waals surface area contributed by atoms with Crippen molar-refractivity contribution in [2.24, 2.45) is 5.73 Å². The van der Waals surface area contributed by atoms with E-state index in [2.05, 4.69) is 19.8 Å². The van der Waals surface area contributed by atoms with Gasteiger partial charge in [-0.25, -0.2) is 4.98 Å². The van der Waals surface area contributed by atoms with Crippen molar-refractivity contribution in [3.63, 3.8) is 0 Å². The van der Waals surface area contributed by atoms with E-state index < -0.39 is 0 Å². The summed E-state index contributed by atoms with van der Waals surface area (Å²) in [5.41, 5.74) is 11.2. The number of piperazine rings is 1. The molecule has 5 N–H and O–H groups in total. The lowest BCUT2D eigenvalue weighted by molar-refractivity contribution is 0.253. The molecule has 19 heavy (non-hydrogen) atoms. The predicted molar refractivity (Wildman–Crippen MR) is 76.2 cm³/mol. The van der Waals surface area contributed by atoms with Gasteiger partial charge in [0, 0.05) is 26.2 Å². The number of nitrogens with one attached hydrogen (secondary N) is 1. The van der Waals surface area contributed by atoms with Gasteiger partial charge in [0.2, 0.25) is 0 Å². The van der Waals surface area contributed by atoms with Crippen LogP contribution in [0.4, 0.5) is 11.5 Å². The second kappa shape index (κ2) is 6.53. The van der Waals surface area contributed by atoms with E-state index >= 15 is 0 Å². The highest BCUT2D eigenvalue weighted by Gasteiger charge is 2.20. The smallest absolute Gasteiger partial charge is 0.276 e. The quantitative estimate of drug-likeness (QED) is 0.604. The number of nitrogens with two attached hydrogens (primary N) is 2. The summed E-state index contributed by atoms with van der Waals surface area (Å²) in [5.74, 6) is 0.602. The van der Waals surface area contributed by atoms with Crippen molar-refractivity contribution < 1.29 is 0 Å². The zero-order chi connectivity index (χ0) is 13.7. The normalized spacial score (nSPS) is 16.8. The lowest BCUT2D eigenvalue weighted by Crippen LogP contribution is -2.47. The number of nitrogen functional groups attached to an aromatic ring is 1. The fraction of sp³-hybridized carbons (Fsp3) is 0.667. The molecule has 0 aromatic carbocycles. The molecule has 1 aromatic rings. The van der Waals surface area contributed by atoms with Crippen LogP contribution in [0, 0.1) is 0 Å². The van der Waals surface area contributed by atoms with Gasteiger partial charge in [-0.15, -0.1) is 0 Å². The molecule has 7 nitrogen and oxygen atoms in total. The molecule has 7 heteroatoms. The zero-order valence-corrected chi connectivity index (χ0v) is 11.1. The predicted octanol–water partition coefficient (Wildman–Crippen LogP) is -0.787. The molecule has 2 rings (SSSR count). The number of anilines is 2. The van der Waals surface area contributed by atoms with Crippen molar-refractivity contribution in [1.82, 2.24) is 14.9 Å². The Morgan fingerprint density at radius 3 is 2.68 bits per heavy atom. The van der Waals surface area contributed by atoms with Crippen LogP contribution in [0.2, 0.25) is 0 Å². The first kappa shape index (κ1) is 13.8. The van der Waals surface area contributed by atoms with Crippen molar-refractivity contribution in [3.05, 3.63) is 16.7 Å². The summed E-state index contributed by atoms with van der Waals surface area (Å²) in [6, 6.07) is 0. The third kappa shape index (κ3) is 3.45. The van der Waals surface area contributed by atoms with Crippen molar-refractivity contribution >= 4 is 11.5 Å². The monoisotopic (exact) mass is 266 g/mol. The number of H-pyrrole nitrogens is 1. The van der Waals surface area contributed by atoms with Gasteiger partial charge in [-0.05, 0) is 25.9 Å². The Morgan fingerprint density at radius 2 is 2.00 bits per heavy atom. The number of unbranched alkanes of at least 4 members (excludes halogenated alkanes) is 1. The minimum Gasteiger partial charge on any atom is -0.391 e. The lowest BCUT2D eigenvalue weighted by Gasteiger charge is -2.35. The molecule has 1 aliphatic rings. The summed E-state index contributed by atoms with van der Waals surface area (Å²) >= 11 is 0. The van der Waals surface area contributed by atoms with Crippen LogP contribution in [-0.4, -0.2) is 54.1 Å². The molecule has 0 radical (unpaired) electrons. The van der Waals surface area contributed by atoms with Crippen LogP contribution in [-0.2, 0) is 0 Å². The van der Waals surface area contributed by atoms with E-state index in [4.69, 9.17) is 11.5 Å². The average molecular weight is 266 g/mol. The highest BCUT2D eigenvalue weighted by Crippen LogP contribution is 2.17. The summed E-state index contributed by atoms with van der Waals surface area (Å²) in [6.45, 7) is 5.49. The summed E-state index contributed by atoms with van der Waals surface area (Å²) < 4.78 is 0. The van der Waals surface area contributed by atoms with Crippen LogP contribution in [0.5, 0.6) is 0 Å². The fourth-order valence-corrected chi connectivity index (χ4v) is 2.32. The molecule has 0 atom stereocenters. The van der Waals surface area contributed by atoms with Gasteiger partial charge >= 0.3 is 0 Å². The van der Waals surface area contributed by atoms with E-state index in [1.165, 1.54) is 6.33 Å². The van der Waals surface area contributed by atoms with E-state index in [9.17, 15) is 4.79 Å². The molecule has 0 amide bonds. The minimum atomic E-state index is -0.268. The maximum Gasteiger partial charge on any atom is 0.276 e. The number of rotatable bonds is 5. The standard InChI is InChI=1S/C12H22N6O/c13-3-1-2-4-17-5-7-18(8-6-17)11-10(14)12(19)16-9-15-11/h9H,1-8,13-14H2,(H,15,16,19). The molecule has 0 unspecified atom stereocenters. The first-order chi connectivity index (χ1) is 9.22. The van der Waals surface area contributed by atoms with Gasteiger partial charge < -0.3 is 21.4 Å². The molecule has 2 heterocycles. The number of aromatic amines is 1. The van der Waals surface area contributed by atoms with Crippen molar-refractivity contribution in [3.8, 4) is 0 Å². The summed E-state index contributed by atoms with van der Waals surface area (Å²) in [6.07, 6.45) is 3.62. The number of aromatic nitrogens is 2. The Hall–Kier alpha value is -1.60. The van der Waals surface area contributed by atoms with Gasteiger partial charge in [0.1, 0.15) is 5.69 Å². The van der Waals surface area contributed by atoms with Crippen LogP contribution in [0.3, 0.4) is 0 Å². The second-order valence-electron chi connectivity index (χ2n) is 4.79. The first-order valence-corrected chi connectivity index (χ1v) is 6.73. The largest absolute Gasteiger partial charge is 0.391 e. The maximum absolute atomic E-state index is 11.5. The van der Waals surface area contributed by atoms with E-state index in [1.54, 1.807) is 0 Å². The molecule has 0 spiro atoms. The molecule has 106 valence electrons. The Morgan fingerprint density at radius 1 is 1.26 bits per heavy atom. The summed E-state index contributed by atoms with van der Waals surface area (Å²) in [4.78, 5) is 22.6. The lowest BCUT2D eigenvalue weighted by atomic mass is 10.2. The number of hydrogen-bond donors (Lipinski definition) is 3. The van der Waals surface area contributed by atoms with Crippen LogP contribution in [0.1, 0.15) is 12.8 Å². The topological polar surface area (TPSA) is 104 Å². The molecular weight excluding hydrogens is 244 g/mol. The van der Waals surface area contributed by atoms with Gasteiger partial charge in [0.25, 0.3) is 5.56 Å². The molecular formula is C12H22N6O. The van der Waals surface area contributed by atoms with Crippen molar-refractivity contribution in [1.29, 1.82) is 0 Å². The second-order valence-corrected chi connectivity index (χ2v) is 4.79. The van der Waals surface area contributed by atoms with Crippen LogP contribution >= 0.6 is 0 Å². The summed E-state index contributed by atoms with van der Waals surface area (Å²) in [5, 5.41) is 0. The number of nitrogens with zero attached hydrogens (tertiary/aromatic N) is 3. The number of hydrogen-bond acceptors (Lipinski definition) is 6. The van der Waals surface area contributed by atoms with Crippen LogP contribution in [0.15, 0.2) is 11.1 Å². The Bertz CT molecular complexity index is 452.